The lowest BCUT2D eigenvalue weighted by Gasteiger charge is -2.35. The number of carbonyl (C=O) groups excluding carboxylic acids is 1. The standard InChI is InChI=1S/C13H22N2O3S2/c1-12(2,3)18-11(17)14-6-10(19)15-9(7-16)8-20-13(15,4)5/h7,9H,6,8H2,1-5H3,(H,14,17)/p-1/t9-/m1/s1. The Labute approximate surface area is 129 Å². The fraction of sp³-hybridized carbons (Fsp3) is 0.769. The number of carbonyl (C=O) groups is 1. The molecule has 1 atom stereocenters. The van der Waals surface area contributed by atoms with Gasteiger partial charge in [-0.3, -0.25) is 4.99 Å². The SMILES string of the molecule is CC(C)(C)OC([O-])=NCC(=S)N1[C@H](C=O)CSC1(C)C. The van der Waals surface area contributed by atoms with E-state index in [2.05, 4.69) is 4.99 Å². The molecule has 0 aliphatic carbocycles. The van der Waals surface area contributed by atoms with Crippen molar-refractivity contribution in [1.29, 1.82) is 0 Å². The second-order valence-corrected chi connectivity index (χ2v) is 8.11. The van der Waals surface area contributed by atoms with Gasteiger partial charge in [0.2, 0.25) is 0 Å². The fourth-order valence-electron chi connectivity index (χ4n) is 1.92. The first-order valence-corrected chi connectivity index (χ1v) is 7.78. The Bertz CT molecular complexity index is 416. The molecule has 1 aliphatic heterocycles. The van der Waals surface area contributed by atoms with Crippen LogP contribution in [0.25, 0.3) is 0 Å². The summed E-state index contributed by atoms with van der Waals surface area (Å²) >= 11 is 6.98. The fourth-order valence-corrected chi connectivity index (χ4v) is 3.60. The minimum Gasteiger partial charge on any atom is -0.595 e. The predicted molar refractivity (Wildman–Crippen MR) is 84.0 cm³/mol. The number of aldehydes is 1. The maximum atomic E-state index is 11.5. The topological polar surface area (TPSA) is 65.0 Å². The lowest BCUT2D eigenvalue weighted by atomic mass is 10.2. The molecular formula is C13H21N2O3S2-. The Balaban J connectivity index is 2.70. The molecule has 1 saturated heterocycles. The molecule has 20 heavy (non-hydrogen) atoms. The molecule has 0 N–H and O–H groups in total. The van der Waals surface area contributed by atoms with Crippen LogP contribution in [0.5, 0.6) is 0 Å². The van der Waals surface area contributed by atoms with Gasteiger partial charge in [0.15, 0.2) is 0 Å². The Hall–Kier alpha value is -0.820. The van der Waals surface area contributed by atoms with Crippen molar-refractivity contribution in [2.24, 2.45) is 4.99 Å². The van der Waals surface area contributed by atoms with Gasteiger partial charge in [-0.15, -0.1) is 11.8 Å². The molecule has 0 unspecified atom stereocenters. The molecular weight excluding hydrogens is 296 g/mol. The van der Waals surface area contributed by atoms with Crippen LogP contribution in [0.15, 0.2) is 4.99 Å². The van der Waals surface area contributed by atoms with Gasteiger partial charge in [-0.25, -0.2) is 0 Å². The van der Waals surface area contributed by atoms with Gasteiger partial charge >= 0.3 is 0 Å². The molecule has 0 saturated carbocycles. The van der Waals surface area contributed by atoms with Gasteiger partial charge in [0.1, 0.15) is 17.4 Å². The zero-order valence-corrected chi connectivity index (χ0v) is 14.1. The average Bonchev–Trinajstić information content (AvgIpc) is 2.59. The molecule has 1 aliphatic rings. The largest absolute Gasteiger partial charge is 0.595 e. The van der Waals surface area contributed by atoms with E-state index in [1.54, 1.807) is 32.5 Å². The third-order valence-corrected chi connectivity index (χ3v) is 4.42. The molecule has 1 rings (SSSR count). The highest BCUT2D eigenvalue weighted by molar-refractivity contribution is 8.01. The van der Waals surface area contributed by atoms with Crippen molar-refractivity contribution in [3.8, 4) is 0 Å². The number of hydrogen-bond donors (Lipinski definition) is 0. The van der Waals surface area contributed by atoms with E-state index in [-0.39, 0.29) is 17.5 Å². The van der Waals surface area contributed by atoms with Crippen LogP contribution in [0.3, 0.4) is 0 Å². The molecule has 7 heteroatoms. The quantitative estimate of drug-likeness (QED) is 0.337. The third kappa shape index (κ3) is 4.63. The van der Waals surface area contributed by atoms with E-state index in [9.17, 15) is 9.90 Å². The van der Waals surface area contributed by atoms with E-state index in [0.717, 1.165) is 6.29 Å². The zero-order valence-electron chi connectivity index (χ0n) is 12.5. The van der Waals surface area contributed by atoms with Gasteiger partial charge < -0.3 is 19.5 Å². The summed E-state index contributed by atoms with van der Waals surface area (Å²) in [5, 5.41) is 11.5. The molecule has 0 radical (unpaired) electrons. The lowest BCUT2D eigenvalue weighted by molar-refractivity contribution is -0.260. The molecule has 1 fully saturated rings. The highest BCUT2D eigenvalue weighted by atomic mass is 32.2. The van der Waals surface area contributed by atoms with Crippen LogP contribution in [0.1, 0.15) is 34.6 Å². The second kappa shape index (κ2) is 6.30. The van der Waals surface area contributed by atoms with E-state index >= 15 is 0 Å². The molecule has 0 aromatic heterocycles. The lowest BCUT2D eigenvalue weighted by Crippen LogP contribution is -2.47. The first-order valence-electron chi connectivity index (χ1n) is 6.39. The molecule has 114 valence electrons. The van der Waals surface area contributed by atoms with E-state index in [1.165, 1.54) is 0 Å². The molecule has 0 bridgehead atoms. The highest BCUT2D eigenvalue weighted by Crippen LogP contribution is 2.38. The third-order valence-electron chi connectivity index (χ3n) is 2.68. The molecule has 0 aromatic carbocycles. The van der Waals surface area contributed by atoms with Crippen LogP contribution in [0.4, 0.5) is 0 Å². The van der Waals surface area contributed by atoms with E-state index in [1.807, 2.05) is 18.7 Å². The first-order chi connectivity index (χ1) is 9.07. The van der Waals surface area contributed by atoms with Crippen molar-refractivity contribution in [2.75, 3.05) is 12.3 Å². The molecule has 1 heterocycles. The van der Waals surface area contributed by atoms with E-state index in [4.69, 9.17) is 17.0 Å². The van der Waals surface area contributed by atoms with E-state index in [0.29, 0.717) is 10.7 Å². The predicted octanol–water partition coefficient (Wildman–Crippen LogP) is 1.20. The van der Waals surface area contributed by atoms with Gasteiger partial charge in [-0.1, -0.05) is 33.0 Å². The molecule has 5 nitrogen and oxygen atoms in total. The Kier molecular flexibility index (Phi) is 5.43. The van der Waals surface area contributed by atoms with Gasteiger partial charge in [0, 0.05) is 11.4 Å². The van der Waals surface area contributed by atoms with Crippen LogP contribution in [-0.4, -0.2) is 51.1 Å². The number of nitrogens with zero attached hydrogens (tertiary/aromatic N) is 2. The van der Waals surface area contributed by atoms with Gasteiger partial charge in [0.25, 0.3) is 0 Å². The number of ether oxygens (including phenoxy) is 1. The number of rotatable bonds is 3. The van der Waals surface area contributed by atoms with Gasteiger partial charge in [-0.2, -0.15) is 0 Å². The maximum absolute atomic E-state index is 11.5. The van der Waals surface area contributed by atoms with Crippen LogP contribution >= 0.6 is 24.0 Å². The van der Waals surface area contributed by atoms with Crippen molar-refractivity contribution in [3.63, 3.8) is 0 Å². The van der Waals surface area contributed by atoms with Crippen molar-refractivity contribution in [1.82, 2.24) is 4.90 Å². The maximum Gasteiger partial charge on any atom is 0.146 e. The van der Waals surface area contributed by atoms with Crippen LogP contribution in [0, 0.1) is 0 Å². The van der Waals surface area contributed by atoms with Crippen molar-refractivity contribution >= 4 is 41.3 Å². The summed E-state index contributed by atoms with van der Waals surface area (Å²) < 4.78 is 5.10. The summed E-state index contributed by atoms with van der Waals surface area (Å²) in [4.78, 5) is 17.0. The summed E-state index contributed by atoms with van der Waals surface area (Å²) in [6.07, 6.45) is 0.258. The van der Waals surface area contributed by atoms with Crippen molar-refractivity contribution in [2.45, 2.75) is 51.1 Å². The van der Waals surface area contributed by atoms with Crippen LogP contribution in [-0.2, 0) is 9.53 Å². The first kappa shape index (κ1) is 17.2. The molecule has 0 amide bonds. The Morgan fingerprint density at radius 1 is 1.60 bits per heavy atom. The Morgan fingerprint density at radius 2 is 2.20 bits per heavy atom. The molecule has 0 spiro atoms. The second-order valence-electron chi connectivity index (χ2n) is 6.02. The summed E-state index contributed by atoms with van der Waals surface area (Å²) in [5.41, 5.74) is -0.573. The minimum absolute atomic E-state index is 0.0680. The summed E-state index contributed by atoms with van der Waals surface area (Å²) in [5.74, 6) is 0.697. The van der Waals surface area contributed by atoms with Gasteiger partial charge in [-0.05, 0) is 13.8 Å². The Morgan fingerprint density at radius 3 is 2.70 bits per heavy atom. The number of aliphatic imine (C=N–C) groups is 1. The van der Waals surface area contributed by atoms with Crippen LogP contribution in [0.2, 0.25) is 0 Å². The normalized spacial score (nSPS) is 22.8. The van der Waals surface area contributed by atoms with E-state index < -0.39 is 11.7 Å². The van der Waals surface area contributed by atoms with Crippen LogP contribution < -0.4 is 5.11 Å². The summed E-state index contributed by atoms with van der Waals surface area (Å²) in [7, 11) is 0. The minimum atomic E-state index is -0.632. The molecule has 0 aromatic rings. The zero-order chi connectivity index (χ0) is 15.6. The monoisotopic (exact) mass is 317 g/mol. The smallest absolute Gasteiger partial charge is 0.146 e. The average molecular weight is 317 g/mol. The van der Waals surface area contributed by atoms with Gasteiger partial charge in [0.05, 0.1) is 17.5 Å². The number of thioether (sulfide) groups is 1. The number of hydrogen-bond acceptors (Lipinski definition) is 6. The van der Waals surface area contributed by atoms with Crippen molar-refractivity contribution in [3.05, 3.63) is 0 Å². The highest BCUT2D eigenvalue weighted by Gasteiger charge is 2.41. The summed E-state index contributed by atoms with van der Waals surface area (Å²) in [6.45, 7) is 9.41. The number of thiocarbonyl (C=S) groups is 1. The summed E-state index contributed by atoms with van der Waals surface area (Å²) in [6, 6.07) is -0.253. The van der Waals surface area contributed by atoms with Crippen molar-refractivity contribution < 1.29 is 14.6 Å².